The zero-order valence-corrected chi connectivity index (χ0v) is 18.7. The highest BCUT2D eigenvalue weighted by atomic mass is 32.2. The molecule has 1 saturated heterocycles. The molecule has 1 amide bonds. The fourth-order valence-electron chi connectivity index (χ4n) is 3.75. The molecule has 3 aromatic rings. The third kappa shape index (κ3) is 5.59. The van der Waals surface area contributed by atoms with Gasteiger partial charge in [0.2, 0.25) is 11.1 Å². The molecule has 0 radical (unpaired) electrons. The molecule has 7 nitrogen and oxygen atoms in total. The Morgan fingerprint density at radius 3 is 2.47 bits per heavy atom. The molecule has 32 heavy (non-hydrogen) atoms. The summed E-state index contributed by atoms with van der Waals surface area (Å²) < 4.78 is 15.2. The van der Waals surface area contributed by atoms with E-state index >= 15 is 0 Å². The Labute approximate surface area is 191 Å². The number of nitrogens with one attached hydrogen (secondary N) is 1. The number of carbonyl (C=O) groups is 1. The minimum atomic E-state index is -0.314. The minimum Gasteiger partial charge on any atom is -0.372 e. The maximum absolute atomic E-state index is 13.9. The van der Waals surface area contributed by atoms with Crippen LogP contribution < -0.4 is 16.1 Å². The molecule has 0 saturated carbocycles. The summed E-state index contributed by atoms with van der Waals surface area (Å²) in [6, 6.07) is 14.4. The quantitative estimate of drug-likeness (QED) is 0.417. The maximum Gasteiger partial charge on any atom is 0.234 e. The number of rotatable bonds is 7. The molecule has 9 heteroatoms. The van der Waals surface area contributed by atoms with Gasteiger partial charge in [0.15, 0.2) is 5.82 Å². The second-order valence-electron chi connectivity index (χ2n) is 7.82. The van der Waals surface area contributed by atoms with Crippen molar-refractivity contribution in [1.29, 1.82) is 0 Å². The third-order valence-electron chi connectivity index (χ3n) is 5.50. The number of nitrogen functional groups attached to an aromatic ring is 1. The van der Waals surface area contributed by atoms with Gasteiger partial charge in [-0.15, -0.1) is 10.2 Å². The fourth-order valence-corrected chi connectivity index (χ4v) is 4.43. The molecule has 1 aliphatic heterocycles. The van der Waals surface area contributed by atoms with Crippen molar-refractivity contribution < 1.29 is 9.18 Å². The van der Waals surface area contributed by atoms with Crippen LogP contribution in [0.3, 0.4) is 0 Å². The Balaban J connectivity index is 1.29. The topological polar surface area (TPSA) is 89.1 Å². The van der Waals surface area contributed by atoms with Gasteiger partial charge in [-0.05, 0) is 48.7 Å². The summed E-state index contributed by atoms with van der Waals surface area (Å²) in [6.07, 6.45) is 5.27. The van der Waals surface area contributed by atoms with Crippen molar-refractivity contribution in [1.82, 2.24) is 14.9 Å². The molecule has 3 N–H and O–H groups in total. The summed E-state index contributed by atoms with van der Waals surface area (Å²) in [5.41, 5.74) is 2.44. The van der Waals surface area contributed by atoms with Gasteiger partial charge in [-0.1, -0.05) is 42.8 Å². The number of thioether (sulfide) groups is 1. The highest BCUT2D eigenvalue weighted by Gasteiger charge is 2.15. The first-order valence-corrected chi connectivity index (χ1v) is 11.8. The highest BCUT2D eigenvalue weighted by molar-refractivity contribution is 7.99. The van der Waals surface area contributed by atoms with Crippen molar-refractivity contribution in [2.75, 3.05) is 34.9 Å². The normalized spacial score (nSPS) is 14.2. The number of carbonyl (C=O) groups excluding carboxylic acids is 1. The van der Waals surface area contributed by atoms with E-state index in [2.05, 4.69) is 32.5 Å². The molecule has 1 aromatic heterocycles. The second kappa shape index (κ2) is 10.5. The fraction of sp³-hybridized carbons (Fsp3) is 0.348. The Kier molecular flexibility index (Phi) is 7.26. The minimum absolute atomic E-state index is 0.142. The van der Waals surface area contributed by atoms with Crippen LogP contribution in [0.2, 0.25) is 0 Å². The number of nitrogens with two attached hydrogens (primary N) is 1. The molecule has 2 heterocycles. The Bertz CT molecular complexity index is 1050. The number of anilines is 2. The van der Waals surface area contributed by atoms with E-state index in [1.807, 2.05) is 12.1 Å². The van der Waals surface area contributed by atoms with Crippen LogP contribution in [-0.4, -0.2) is 39.6 Å². The molecule has 0 unspecified atom stereocenters. The SMILES string of the molecule is Nn1c(Cc2ccccc2F)nnc1SCC(=O)Nc1ccc(N2CCCCCC2)cc1. The van der Waals surface area contributed by atoms with Gasteiger partial charge < -0.3 is 16.1 Å². The lowest BCUT2D eigenvalue weighted by Crippen LogP contribution is -2.23. The molecule has 1 fully saturated rings. The van der Waals surface area contributed by atoms with Gasteiger partial charge in [0.05, 0.1) is 5.75 Å². The van der Waals surface area contributed by atoms with Gasteiger partial charge in [-0.2, -0.15) is 0 Å². The number of halogens is 1. The molecule has 2 aromatic carbocycles. The predicted octanol–water partition coefficient (Wildman–Crippen LogP) is 3.83. The Hall–Kier alpha value is -3.07. The predicted molar refractivity (Wildman–Crippen MR) is 126 cm³/mol. The van der Waals surface area contributed by atoms with Crippen LogP contribution in [0, 0.1) is 5.82 Å². The Morgan fingerprint density at radius 1 is 1.03 bits per heavy atom. The van der Waals surface area contributed by atoms with Gasteiger partial charge in [-0.25, -0.2) is 9.07 Å². The molecule has 0 atom stereocenters. The van der Waals surface area contributed by atoms with Crippen LogP contribution in [0.25, 0.3) is 0 Å². The molecule has 0 bridgehead atoms. The summed E-state index contributed by atoms with van der Waals surface area (Å²) in [5, 5.41) is 11.4. The van der Waals surface area contributed by atoms with Crippen molar-refractivity contribution in [3.05, 3.63) is 65.7 Å². The molecule has 4 rings (SSSR count). The highest BCUT2D eigenvalue weighted by Crippen LogP contribution is 2.22. The lowest BCUT2D eigenvalue weighted by atomic mass is 10.1. The number of aromatic nitrogens is 3. The lowest BCUT2D eigenvalue weighted by Gasteiger charge is -2.22. The third-order valence-corrected chi connectivity index (χ3v) is 6.44. The standard InChI is InChI=1S/C23H27FN6OS/c24-20-8-4-3-7-17(20)15-21-27-28-23(30(21)25)32-16-22(31)26-18-9-11-19(12-10-18)29-13-5-1-2-6-14-29/h3-4,7-12H,1-2,5-6,13-16,25H2,(H,26,31). The molecule has 1 aliphatic rings. The van der Waals surface area contributed by atoms with Crippen LogP contribution in [0.5, 0.6) is 0 Å². The van der Waals surface area contributed by atoms with Gasteiger partial charge in [0.1, 0.15) is 5.82 Å². The van der Waals surface area contributed by atoms with Gasteiger partial charge in [0.25, 0.3) is 0 Å². The summed E-state index contributed by atoms with van der Waals surface area (Å²) in [4.78, 5) is 14.8. The first-order valence-electron chi connectivity index (χ1n) is 10.8. The molecule has 0 spiro atoms. The van der Waals surface area contributed by atoms with Gasteiger partial charge in [-0.3, -0.25) is 4.79 Å². The Morgan fingerprint density at radius 2 is 1.75 bits per heavy atom. The van der Waals surface area contributed by atoms with Crippen LogP contribution in [-0.2, 0) is 11.2 Å². The molecule has 168 valence electrons. The van der Waals surface area contributed by atoms with Crippen molar-refractivity contribution in [2.45, 2.75) is 37.3 Å². The molecular formula is C23H27FN6OS. The van der Waals surface area contributed by atoms with E-state index in [9.17, 15) is 9.18 Å². The van der Waals surface area contributed by atoms with Crippen molar-refractivity contribution in [3.8, 4) is 0 Å². The molecule has 0 aliphatic carbocycles. The second-order valence-corrected chi connectivity index (χ2v) is 8.76. The summed E-state index contributed by atoms with van der Waals surface area (Å²) in [7, 11) is 0. The van der Waals surface area contributed by atoms with Crippen LogP contribution >= 0.6 is 11.8 Å². The van der Waals surface area contributed by atoms with E-state index in [1.165, 1.54) is 53.9 Å². The van der Waals surface area contributed by atoms with Crippen LogP contribution in [0.1, 0.15) is 37.1 Å². The number of amides is 1. The van der Waals surface area contributed by atoms with Crippen LogP contribution in [0.4, 0.5) is 15.8 Å². The zero-order chi connectivity index (χ0) is 22.3. The average Bonchev–Trinajstić information content (AvgIpc) is 2.98. The van der Waals surface area contributed by atoms with E-state index < -0.39 is 0 Å². The summed E-state index contributed by atoms with van der Waals surface area (Å²) in [6.45, 7) is 2.17. The van der Waals surface area contributed by atoms with E-state index in [-0.39, 0.29) is 23.9 Å². The zero-order valence-electron chi connectivity index (χ0n) is 17.8. The van der Waals surface area contributed by atoms with E-state index in [1.54, 1.807) is 18.2 Å². The monoisotopic (exact) mass is 454 g/mol. The summed E-state index contributed by atoms with van der Waals surface area (Å²) in [5.74, 6) is 6.15. The van der Waals surface area contributed by atoms with Crippen LogP contribution in [0.15, 0.2) is 53.7 Å². The van der Waals surface area contributed by atoms with Crippen molar-refractivity contribution in [2.24, 2.45) is 0 Å². The molecular weight excluding hydrogens is 427 g/mol. The van der Waals surface area contributed by atoms with Crippen molar-refractivity contribution in [3.63, 3.8) is 0 Å². The summed E-state index contributed by atoms with van der Waals surface area (Å²) >= 11 is 1.19. The van der Waals surface area contributed by atoms with E-state index in [0.717, 1.165) is 18.8 Å². The number of benzene rings is 2. The van der Waals surface area contributed by atoms with Gasteiger partial charge in [0, 0.05) is 30.9 Å². The van der Waals surface area contributed by atoms with Gasteiger partial charge >= 0.3 is 0 Å². The maximum atomic E-state index is 13.9. The van der Waals surface area contributed by atoms with E-state index in [0.29, 0.717) is 16.5 Å². The van der Waals surface area contributed by atoms with Crippen molar-refractivity contribution >= 4 is 29.0 Å². The number of nitrogens with zero attached hydrogens (tertiary/aromatic N) is 4. The lowest BCUT2D eigenvalue weighted by molar-refractivity contribution is -0.113. The van der Waals surface area contributed by atoms with E-state index in [4.69, 9.17) is 5.84 Å². The first-order chi connectivity index (χ1) is 15.6. The number of hydrogen-bond donors (Lipinski definition) is 2. The first kappa shape index (κ1) is 22.1. The smallest absolute Gasteiger partial charge is 0.234 e. The number of hydrogen-bond acceptors (Lipinski definition) is 6. The largest absolute Gasteiger partial charge is 0.372 e. The average molecular weight is 455 g/mol.